The molecule has 10 heteroatoms. The van der Waals surface area contributed by atoms with Crippen LogP contribution >= 0.6 is 0 Å². The fourth-order valence-electron chi connectivity index (χ4n) is 4.17. The van der Waals surface area contributed by atoms with Gasteiger partial charge in [0.15, 0.2) is 0 Å². The Balaban J connectivity index is 1.53. The van der Waals surface area contributed by atoms with Crippen LogP contribution in [-0.2, 0) is 16.6 Å². The van der Waals surface area contributed by atoms with Gasteiger partial charge in [0.1, 0.15) is 12.1 Å². The zero-order valence-electron chi connectivity index (χ0n) is 20.8. The molecule has 0 saturated heterocycles. The van der Waals surface area contributed by atoms with Crippen LogP contribution in [0.3, 0.4) is 0 Å². The first-order chi connectivity index (χ1) is 17.6. The molecular formula is C27H27FN6O2S. The summed E-state index contributed by atoms with van der Waals surface area (Å²) in [6.45, 7) is 1.70. The minimum Gasteiger partial charge on any atom is -0.308 e. The standard InChI is InChI=1S/C27H27FN6O2S/c1-32(2)10-11-33-17-22(16-30-33)20-6-9-27-26(14-20)29-18-34(27)25-13-21(19-4-7-23(28)8-5-19)12-24(15-25)31-37(3,35)36/h4-9,12-18,31H,10-11H2,1-3H3. The maximum Gasteiger partial charge on any atom is 0.229 e. The Hall–Kier alpha value is -4.02. The van der Waals surface area contributed by atoms with E-state index in [1.807, 2.05) is 60.0 Å². The van der Waals surface area contributed by atoms with Crippen molar-refractivity contribution in [2.75, 3.05) is 31.6 Å². The smallest absolute Gasteiger partial charge is 0.229 e. The minimum absolute atomic E-state index is 0.339. The lowest BCUT2D eigenvalue weighted by molar-refractivity contribution is 0.373. The quantitative estimate of drug-likeness (QED) is 0.324. The molecule has 0 saturated carbocycles. The summed E-state index contributed by atoms with van der Waals surface area (Å²) in [5.74, 6) is -0.339. The van der Waals surface area contributed by atoms with Gasteiger partial charge in [-0.05, 0) is 73.3 Å². The van der Waals surface area contributed by atoms with E-state index in [0.717, 1.165) is 58.3 Å². The van der Waals surface area contributed by atoms with Crippen molar-refractivity contribution in [3.63, 3.8) is 0 Å². The average molecular weight is 519 g/mol. The van der Waals surface area contributed by atoms with Crippen LogP contribution in [0.15, 0.2) is 79.4 Å². The Bertz CT molecular complexity index is 1670. The number of halogens is 1. The van der Waals surface area contributed by atoms with Gasteiger partial charge in [0.25, 0.3) is 0 Å². The summed E-state index contributed by atoms with van der Waals surface area (Å²) in [4.78, 5) is 6.72. The van der Waals surface area contributed by atoms with Crippen molar-refractivity contribution >= 4 is 26.7 Å². The molecule has 190 valence electrons. The normalized spacial score (nSPS) is 11.9. The SMILES string of the molecule is CN(C)CCn1cc(-c2ccc3c(c2)ncn3-c2cc(NS(C)(=O)=O)cc(-c3ccc(F)cc3)c2)cn1. The van der Waals surface area contributed by atoms with Gasteiger partial charge < -0.3 is 4.90 Å². The molecule has 37 heavy (non-hydrogen) atoms. The van der Waals surface area contributed by atoms with Crippen molar-refractivity contribution in [3.8, 4) is 27.9 Å². The number of nitrogens with zero attached hydrogens (tertiary/aromatic N) is 5. The van der Waals surface area contributed by atoms with E-state index in [9.17, 15) is 12.8 Å². The molecule has 0 amide bonds. The molecule has 5 aromatic rings. The van der Waals surface area contributed by atoms with E-state index in [1.54, 1.807) is 30.6 Å². The summed E-state index contributed by atoms with van der Waals surface area (Å²) in [5.41, 5.74) is 6.31. The molecular weight excluding hydrogens is 491 g/mol. The number of nitrogens with one attached hydrogen (secondary N) is 1. The molecule has 1 N–H and O–H groups in total. The first kappa shape index (κ1) is 24.7. The van der Waals surface area contributed by atoms with E-state index in [2.05, 4.69) is 19.7 Å². The molecule has 0 fully saturated rings. The first-order valence-electron chi connectivity index (χ1n) is 11.7. The lowest BCUT2D eigenvalue weighted by atomic mass is 10.0. The van der Waals surface area contributed by atoms with Gasteiger partial charge in [0.2, 0.25) is 10.0 Å². The highest BCUT2D eigenvalue weighted by Crippen LogP contribution is 2.30. The molecule has 2 aromatic heterocycles. The zero-order valence-corrected chi connectivity index (χ0v) is 21.6. The van der Waals surface area contributed by atoms with Crippen molar-refractivity contribution in [1.82, 2.24) is 24.2 Å². The van der Waals surface area contributed by atoms with Crippen LogP contribution < -0.4 is 4.72 Å². The van der Waals surface area contributed by atoms with Crippen LogP contribution in [0.2, 0.25) is 0 Å². The van der Waals surface area contributed by atoms with Crippen LogP contribution in [0.25, 0.3) is 39.0 Å². The third-order valence-corrected chi connectivity index (χ3v) is 6.57. The molecule has 0 radical (unpaired) electrons. The Morgan fingerprint density at radius 1 is 0.946 bits per heavy atom. The highest BCUT2D eigenvalue weighted by molar-refractivity contribution is 7.92. The molecule has 0 bridgehead atoms. The van der Waals surface area contributed by atoms with Gasteiger partial charge in [-0.15, -0.1) is 0 Å². The molecule has 0 aliphatic heterocycles. The molecule has 2 heterocycles. The van der Waals surface area contributed by atoms with E-state index in [-0.39, 0.29) is 5.82 Å². The number of imidazole rings is 1. The number of benzene rings is 3. The van der Waals surface area contributed by atoms with E-state index >= 15 is 0 Å². The van der Waals surface area contributed by atoms with E-state index in [0.29, 0.717) is 5.69 Å². The van der Waals surface area contributed by atoms with Crippen molar-refractivity contribution < 1.29 is 12.8 Å². The molecule has 5 rings (SSSR count). The number of likely N-dealkylation sites (N-methyl/N-ethyl adjacent to an activating group) is 1. The Labute approximate surface area is 215 Å². The highest BCUT2D eigenvalue weighted by Gasteiger charge is 2.12. The van der Waals surface area contributed by atoms with Gasteiger partial charge in [-0.3, -0.25) is 14.0 Å². The van der Waals surface area contributed by atoms with Crippen LogP contribution in [0.5, 0.6) is 0 Å². The third kappa shape index (κ3) is 5.71. The van der Waals surface area contributed by atoms with Crippen LogP contribution in [0.4, 0.5) is 10.1 Å². The predicted octanol–water partition coefficient (Wildman–Crippen LogP) is 4.63. The number of hydrogen-bond donors (Lipinski definition) is 1. The second-order valence-electron chi connectivity index (χ2n) is 9.26. The Morgan fingerprint density at radius 2 is 1.70 bits per heavy atom. The van der Waals surface area contributed by atoms with Crippen molar-refractivity contribution in [3.05, 3.63) is 85.2 Å². The average Bonchev–Trinajstić information content (AvgIpc) is 3.49. The maximum absolute atomic E-state index is 13.5. The third-order valence-electron chi connectivity index (χ3n) is 5.97. The van der Waals surface area contributed by atoms with E-state index in [4.69, 9.17) is 0 Å². The molecule has 3 aromatic carbocycles. The van der Waals surface area contributed by atoms with Crippen LogP contribution in [-0.4, -0.2) is 59.5 Å². The maximum atomic E-state index is 13.5. The summed E-state index contributed by atoms with van der Waals surface area (Å²) in [5, 5.41) is 4.47. The fraction of sp³-hybridized carbons (Fsp3) is 0.185. The molecule has 0 unspecified atom stereocenters. The summed E-state index contributed by atoms with van der Waals surface area (Å²) < 4.78 is 43.8. The zero-order chi connectivity index (χ0) is 26.2. The van der Waals surface area contributed by atoms with Crippen LogP contribution in [0, 0.1) is 5.82 Å². The lowest BCUT2D eigenvalue weighted by Crippen LogP contribution is -2.18. The van der Waals surface area contributed by atoms with Crippen molar-refractivity contribution in [2.45, 2.75) is 6.54 Å². The van der Waals surface area contributed by atoms with Gasteiger partial charge >= 0.3 is 0 Å². The van der Waals surface area contributed by atoms with Gasteiger partial charge in [-0.1, -0.05) is 18.2 Å². The van der Waals surface area contributed by atoms with Crippen molar-refractivity contribution in [2.24, 2.45) is 0 Å². The Kier molecular flexibility index (Phi) is 6.53. The largest absolute Gasteiger partial charge is 0.308 e. The topological polar surface area (TPSA) is 85.0 Å². The van der Waals surface area contributed by atoms with E-state index in [1.165, 1.54) is 12.1 Å². The fourth-order valence-corrected chi connectivity index (χ4v) is 4.71. The van der Waals surface area contributed by atoms with Gasteiger partial charge in [-0.25, -0.2) is 17.8 Å². The summed E-state index contributed by atoms with van der Waals surface area (Å²) in [6, 6.07) is 17.5. The van der Waals surface area contributed by atoms with Crippen molar-refractivity contribution in [1.29, 1.82) is 0 Å². The second kappa shape index (κ2) is 9.79. The van der Waals surface area contributed by atoms with E-state index < -0.39 is 10.0 Å². The lowest BCUT2D eigenvalue weighted by Gasteiger charge is -2.13. The second-order valence-corrected chi connectivity index (χ2v) is 11.0. The number of fused-ring (bicyclic) bond motifs is 1. The summed E-state index contributed by atoms with van der Waals surface area (Å²) in [7, 11) is 0.564. The molecule has 0 atom stereocenters. The first-order valence-corrected chi connectivity index (χ1v) is 13.6. The summed E-state index contributed by atoms with van der Waals surface area (Å²) >= 11 is 0. The van der Waals surface area contributed by atoms with Crippen LogP contribution in [0.1, 0.15) is 0 Å². The molecule has 0 spiro atoms. The molecule has 8 nitrogen and oxygen atoms in total. The number of hydrogen-bond acceptors (Lipinski definition) is 5. The van der Waals surface area contributed by atoms with Gasteiger partial charge in [0, 0.05) is 24.0 Å². The van der Waals surface area contributed by atoms with Gasteiger partial charge in [-0.2, -0.15) is 5.10 Å². The number of aromatic nitrogens is 4. The Morgan fingerprint density at radius 3 is 2.43 bits per heavy atom. The minimum atomic E-state index is -3.50. The number of rotatable bonds is 8. The summed E-state index contributed by atoms with van der Waals surface area (Å²) in [6.07, 6.45) is 6.69. The number of anilines is 1. The predicted molar refractivity (Wildman–Crippen MR) is 145 cm³/mol. The number of sulfonamides is 1. The highest BCUT2D eigenvalue weighted by atomic mass is 32.2. The molecule has 0 aliphatic carbocycles. The molecule has 0 aliphatic rings. The van der Waals surface area contributed by atoms with Gasteiger partial charge in [0.05, 0.1) is 35.7 Å². The monoisotopic (exact) mass is 518 g/mol.